The monoisotopic (exact) mass is 206 g/mol. The van der Waals surface area contributed by atoms with E-state index >= 15 is 0 Å². The fourth-order valence-corrected chi connectivity index (χ4v) is 1.25. The Bertz CT molecular complexity index is 306. The van der Waals surface area contributed by atoms with Crippen LogP contribution in [0.5, 0.6) is 0 Å². The summed E-state index contributed by atoms with van der Waals surface area (Å²) >= 11 is 0. The van der Waals surface area contributed by atoms with E-state index in [9.17, 15) is 4.79 Å². The van der Waals surface area contributed by atoms with E-state index in [1.54, 1.807) is 0 Å². The second-order valence-electron chi connectivity index (χ2n) is 3.80. The molecule has 0 bridgehead atoms. The molecule has 1 aromatic rings. The Kier molecular flexibility index (Phi) is 4.35. The second-order valence-corrected chi connectivity index (χ2v) is 3.80. The van der Waals surface area contributed by atoms with E-state index in [0.29, 0.717) is 0 Å². The van der Waals surface area contributed by atoms with Gasteiger partial charge in [-0.15, -0.1) is 0 Å². The summed E-state index contributed by atoms with van der Waals surface area (Å²) in [5.41, 5.74) is 1.04. The zero-order valence-corrected chi connectivity index (χ0v) is 9.57. The third-order valence-electron chi connectivity index (χ3n) is 2.58. The van der Waals surface area contributed by atoms with Gasteiger partial charge in [-0.3, -0.25) is 4.79 Å². The van der Waals surface area contributed by atoms with E-state index in [2.05, 4.69) is 0 Å². The Morgan fingerprint density at radius 3 is 2.40 bits per heavy atom. The normalized spacial score (nSPS) is 14.3. The molecule has 1 aromatic carbocycles. The molecule has 0 radical (unpaired) electrons. The van der Waals surface area contributed by atoms with Gasteiger partial charge in [0, 0.05) is 0 Å². The zero-order chi connectivity index (χ0) is 11.3. The van der Waals surface area contributed by atoms with Crippen LogP contribution in [0.3, 0.4) is 0 Å². The Morgan fingerprint density at radius 2 is 1.87 bits per heavy atom. The molecule has 0 unspecified atom stereocenters. The molecule has 2 atom stereocenters. The Hall–Kier alpha value is -1.31. The molecule has 0 spiro atoms. The van der Waals surface area contributed by atoms with Crippen molar-refractivity contribution in [2.75, 3.05) is 0 Å². The molecule has 0 aliphatic rings. The predicted molar refractivity (Wildman–Crippen MR) is 60.4 cm³/mol. The number of carbonyl (C=O) groups is 1. The number of hydrogen-bond donors (Lipinski definition) is 0. The lowest BCUT2D eigenvalue weighted by atomic mass is 10.1. The topological polar surface area (TPSA) is 26.3 Å². The van der Waals surface area contributed by atoms with Crippen molar-refractivity contribution in [3.05, 3.63) is 35.9 Å². The molecule has 0 heterocycles. The molecule has 0 aromatic heterocycles. The molecule has 0 aliphatic heterocycles. The maximum absolute atomic E-state index is 11.5. The van der Waals surface area contributed by atoms with E-state index in [1.165, 1.54) is 0 Å². The van der Waals surface area contributed by atoms with Gasteiger partial charge in [0.05, 0.1) is 5.92 Å². The van der Waals surface area contributed by atoms with E-state index in [4.69, 9.17) is 4.74 Å². The first-order valence-corrected chi connectivity index (χ1v) is 5.40. The van der Waals surface area contributed by atoms with Crippen LogP contribution in [-0.2, 0) is 9.53 Å². The van der Waals surface area contributed by atoms with Gasteiger partial charge >= 0.3 is 5.97 Å². The standard InChI is InChI=1S/C13H18O2/c1-4-10(2)13(14)15-11(3)12-8-6-5-7-9-12/h5-11H,4H2,1-3H3/t10-,11-/m0/s1. The molecule has 2 heteroatoms. The largest absolute Gasteiger partial charge is 0.458 e. The van der Waals surface area contributed by atoms with Crippen LogP contribution >= 0.6 is 0 Å². The van der Waals surface area contributed by atoms with Crippen LogP contribution in [0, 0.1) is 5.92 Å². The Labute approximate surface area is 91.3 Å². The SMILES string of the molecule is CC[C@H](C)C(=O)O[C@@H](C)c1ccccc1. The van der Waals surface area contributed by atoms with Gasteiger partial charge in [0.2, 0.25) is 0 Å². The molecule has 82 valence electrons. The predicted octanol–water partition coefficient (Wildman–Crippen LogP) is 3.34. The molecule has 0 aliphatic carbocycles. The smallest absolute Gasteiger partial charge is 0.309 e. The molecule has 0 fully saturated rings. The Morgan fingerprint density at radius 1 is 1.27 bits per heavy atom. The fraction of sp³-hybridized carbons (Fsp3) is 0.462. The number of ether oxygens (including phenoxy) is 1. The zero-order valence-electron chi connectivity index (χ0n) is 9.57. The van der Waals surface area contributed by atoms with Gasteiger partial charge in [-0.25, -0.2) is 0 Å². The van der Waals surface area contributed by atoms with Crippen molar-refractivity contribution in [1.82, 2.24) is 0 Å². The van der Waals surface area contributed by atoms with Crippen molar-refractivity contribution >= 4 is 5.97 Å². The summed E-state index contributed by atoms with van der Waals surface area (Å²) in [6, 6.07) is 9.78. The minimum atomic E-state index is -0.160. The van der Waals surface area contributed by atoms with Crippen LogP contribution in [0.1, 0.15) is 38.9 Å². The highest BCUT2D eigenvalue weighted by Gasteiger charge is 2.16. The first-order chi connectivity index (χ1) is 7.15. The molecule has 0 N–H and O–H groups in total. The van der Waals surface area contributed by atoms with Gasteiger partial charge in [-0.2, -0.15) is 0 Å². The van der Waals surface area contributed by atoms with Crippen molar-refractivity contribution in [1.29, 1.82) is 0 Å². The molecular formula is C13H18O2. The third kappa shape index (κ3) is 3.39. The maximum Gasteiger partial charge on any atom is 0.309 e. The van der Waals surface area contributed by atoms with E-state index < -0.39 is 0 Å². The van der Waals surface area contributed by atoms with Crippen LogP contribution in [0.2, 0.25) is 0 Å². The van der Waals surface area contributed by atoms with Crippen molar-refractivity contribution in [2.24, 2.45) is 5.92 Å². The number of esters is 1. The number of carbonyl (C=O) groups excluding carboxylic acids is 1. The first kappa shape index (κ1) is 11.8. The average Bonchev–Trinajstić information content (AvgIpc) is 2.29. The number of benzene rings is 1. The van der Waals surface area contributed by atoms with Gasteiger partial charge in [0.1, 0.15) is 6.10 Å². The van der Waals surface area contributed by atoms with Gasteiger partial charge in [-0.1, -0.05) is 44.2 Å². The summed E-state index contributed by atoms with van der Waals surface area (Å²) in [5, 5.41) is 0. The van der Waals surface area contributed by atoms with Crippen LogP contribution in [0.4, 0.5) is 0 Å². The first-order valence-electron chi connectivity index (χ1n) is 5.40. The molecule has 0 saturated heterocycles. The van der Waals surface area contributed by atoms with Gasteiger partial charge < -0.3 is 4.74 Å². The summed E-state index contributed by atoms with van der Waals surface area (Å²) in [6.07, 6.45) is 0.660. The van der Waals surface area contributed by atoms with E-state index in [1.807, 2.05) is 51.1 Å². The molecule has 2 nitrogen and oxygen atoms in total. The quantitative estimate of drug-likeness (QED) is 0.706. The summed E-state index contributed by atoms with van der Waals surface area (Å²) in [4.78, 5) is 11.5. The molecule has 15 heavy (non-hydrogen) atoms. The lowest BCUT2D eigenvalue weighted by Crippen LogP contribution is -2.16. The second kappa shape index (κ2) is 5.54. The number of rotatable bonds is 4. The van der Waals surface area contributed by atoms with Crippen LogP contribution in [0.25, 0.3) is 0 Å². The van der Waals surface area contributed by atoms with Crippen LogP contribution < -0.4 is 0 Å². The third-order valence-corrected chi connectivity index (χ3v) is 2.58. The minimum absolute atomic E-state index is 0.0174. The molecule has 0 saturated carbocycles. The summed E-state index contributed by atoms with van der Waals surface area (Å²) in [5.74, 6) is -0.134. The lowest BCUT2D eigenvalue weighted by Gasteiger charge is -2.16. The average molecular weight is 206 g/mol. The van der Waals surface area contributed by atoms with Crippen molar-refractivity contribution in [3.63, 3.8) is 0 Å². The molecular weight excluding hydrogens is 188 g/mol. The number of hydrogen-bond acceptors (Lipinski definition) is 2. The van der Waals surface area contributed by atoms with Crippen molar-refractivity contribution in [3.8, 4) is 0 Å². The highest BCUT2D eigenvalue weighted by atomic mass is 16.5. The van der Waals surface area contributed by atoms with Crippen molar-refractivity contribution in [2.45, 2.75) is 33.3 Å². The molecule has 0 amide bonds. The van der Waals surface area contributed by atoms with E-state index in [0.717, 1.165) is 12.0 Å². The van der Waals surface area contributed by atoms with Crippen LogP contribution in [0.15, 0.2) is 30.3 Å². The lowest BCUT2D eigenvalue weighted by molar-refractivity contribution is -0.153. The van der Waals surface area contributed by atoms with E-state index in [-0.39, 0.29) is 18.0 Å². The van der Waals surface area contributed by atoms with Gasteiger partial charge in [0.15, 0.2) is 0 Å². The highest BCUT2D eigenvalue weighted by molar-refractivity contribution is 5.72. The summed E-state index contributed by atoms with van der Waals surface area (Å²) in [6.45, 7) is 5.77. The van der Waals surface area contributed by atoms with Crippen LogP contribution in [-0.4, -0.2) is 5.97 Å². The molecule has 1 rings (SSSR count). The van der Waals surface area contributed by atoms with Gasteiger partial charge in [-0.05, 0) is 18.9 Å². The Balaban J connectivity index is 2.56. The summed E-state index contributed by atoms with van der Waals surface area (Å²) in [7, 11) is 0. The fourth-order valence-electron chi connectivity index (χ4n) is 1.25. The van der Waals surface area contributed by atoms with Crippen molar-refractivity contribution < 1.29 is 9.53 Å². The maximum atomic E-state index is 11.5. The van der Waals surface area contributed by atoms with Gasteiger partial charge in [0.25, 0.3) is 0 Å². The summed E-state index contributed by atoms with van der Waals surface area (Å²) < 4.78 is 5.35. The minimum Gasteiger partial charge on any atom is -0.458 e. The highest BCUT2D eigenvalue weighted by Crippen LogP contribution is 2.18.